The average molecular weight is 339 g/mol. The summed E-state index contributed by atoms with van der Waals surface area (Å²) in [5.74, 6) is 0.539. The van der Waals surface area contributed by atoms with Crippen LogP contribution >= 0.6 is 0 Å². The summed E-state index contributed by atoms with van der Waals surface area (Å²) in [6.07, 6.45) is 1.69. The van der Waals surface area contributed by atoms with Gasteiger partial charge in [-0.3, -0.25) is 19.7 Å². The largest absolute Gasteiger partial charge is 0.370 e. The molecule has 0 radical (unpaired) electrons. The van der Waals surface area contributed by atoms with Crippen LogP contribution in [0.4, 0.5) is 11.4 Å². The Morgan fingerprint density at radius 3 is 2.76 bits per heavy atom. The first kappa shape index (κ1) is 15.6. The third kappa shape index (κ3) is 2.61. The van der Waals surface area contributed by atoms with Crippen molar-refractivity contribution in [3.63, 3.8) is 0 Å². The third-order valence-corrected chi connectivity index (χ3v) is 5.17. The lowest BCUT2D eigenvalue weighted by Crippen LogP contribution is -2.47. The number of aldehydes is 1. The molecule has 1 fully saturated rings. The van der Waals surface area contributed by atoms with Gasteiger partial charge in [0, 0.05) is 60.7 Å². The summed E-state index contributed by atoms with van der Waals surface area (Å²) in [5, 5.41) is 10.9. The maximum Gasteiger partial charge on any atom is 0.270 e. The van der Waals surface area contributed by atoms with E-state index in [9.17, 15) is 19.7 Å². The first-order valence-electron chi connectivity index (χ1n) is 8.25. The molecule has 3 heterocycles. The predicted molar refractivity (Wildman–Crippen MR) is 92.2 cm³/mol. The fraction of sp³-hybridized carbons (Fsp3) is 0.333. The van der Waals surface area contributed by atoms with Crippen molar-refractivity contribution in [2.75, 3.05) is 18.0 Å². The molecule has 4 rings (SSSR count). The zero-order chi connectivity index (χ0) is 17.6. The van der Waals surface area contributed by atoms with Crippen LogP contribution in [0.3, 0.4) is 0 Å². The Bertz CT molecular complexity index is 921. The Balaban J connectivity index is 1.70. The number of anilines is 1. The van der Waals surface area contributed by atoms with E-state index in [1.54, 1.807) is 18.2 Å². The standard InChI is InChI=1S/C18H17N3O4/c22-11-14-7-15(21(24)25)4-5-16(14)19-8-12-6-13(10-19)17-2-1-3-18(23)20(17)9-12/h1-5,7,11-13H,6,8-10H2/t12-,13+/m0/s1. The number of rotatable bonds is 3. The van der Waals surface area contributed by atoms with Gasteiger partial charge in [-0.25, -0.2) is 0 Å². The summed E-state index contributed by atoms with van der Waals surface area (Å²) in [7, 11) is 0. The number of fused-ring (bicyclic) bond motifs is 4. The molecule has 1 saturated heterocycles. The molecule has 0 unspecified atom stereocenters. The number of aromatic nitrogens is 1. The molecule has 2 atom stereocenters. The highest BCUT2D eigenvalue weighted by Crippen LogP contribution is 2.38. The molecule has 2 aliphatic heterocycles. The summed E-state index contributed by atoms with van der Waals surface area (Å²) in [4.78, 5) is 36.1. The number of hydrogen-bond donors (Lipinski definition) is 0. The molecule has 128 valence electrons. The second kappa shape index (κ2) is 5.84. The molecule has 0 N–H and O–H groups in total. The van der Waals surface area contributed by atoms with E-state index in [4.69, 9.17) is 0 Å². The zero-order valence-electron chi connectivity index (χ0n) is 13.5. The third-order valence-electron chi connectivity index (χ3n) is 5.17. The van der Waals surface area contributed by atoms with Crippen molar-refractivity contribution < 1.29 is 9.72 Å². The number of pyridine rings is 1. The number of nitrogens with zero attached hydrogens (tertiary/aromatic N) is 3. The smallest absolute Gasteiger partial charge is 0.270 e. The Morgan fingerprint density at radius 2 is 2.00 bits per heavy atom. The number of benzene rings is 1. The van der Waals surface area contributed by atoms with Crippen molar-refractivity contribution in [3.8, 4) is 0 Å². The van der Waals surface area contributed by atoms with E-state index in [0.717, 1.165) is 24.3 Å². The Morgan fingerprint density at radius 1 is 1.16 bits per heavy atom. The van der Waals surface area contributed by atoms with Crippen LogP contribution < -0.4 is 10.5 Å². The number of nitro benzene ring substituents is 1. The molecular weight excluding hydrogens is 322 g/mol. The van der Waals surface area contributed by atoms with Gasteiger partial charge in [-0.1, -0.05) is 6.07 Å². The topological polar surface area (TPSA) is 85.4 Å². The number of carbonyl (C=O) groups excluding carboxylic acids is 1. The van der Waals surface area contributed by atoms with E-state index in [-0.39, 0.29) is 17.2 Å². The summed E-state index contributed by atoms with van der Waals surface area (Å²) >= 11 is 0. The maximum atomic E-state index is 12.1. The van der Waals surface area contributed by atoms with Crippen molar-refractivity contribution in [2.45, 2.75) is 18.9 Å². The first-order valence-corrected chi connectivity index (χ1v) is 8.25. The van der Waals surface area contributed by atoms with Crippen LogP contribution in [0.5, 0.6) is 0 Å². The van der Waals surface area contributed by atoms with Gasteiger partial charge >= 0.3 is 0 Å². The predicted octanol–water partition coefficient (Wildman–Crippen LogP) is 2.19. The van der Waals surface area contributed by atoms with Crippen LogP contribution in [0.25, 0.3) is 0 Å². The minimum Gasteiger partial charge on any atom is -0.370 e. The molecule has 7 heteroatoms. The summed E-state index contributed by atoms with van der Waals surface area (Å²) in [5.41, 5.74) is 2.04. The van der Waals surface area contributed by atoms with E-state index in [1.807, 2.05) is 10.6 Å². The van der Waals surface area contributed by atoms with Crippen LogP contribution in [-0.2, 0) is 6.54 Å². The van der Waals surface area contributed by atoms with Gasteiger partial charge in [0.25, 0.3) is 11.2 Å². The molecule has 2 aliphatic rings. The Kier molecular flexibility index (Phi) is 3.63. The SMILES string of the molecule is O=Cc1cc([N+](=O)[O-])ccc1N1C[C@@H]2C[C@H](C1)c1cccc(=O)n1C2. The van der Waals surface area contributed by atoms with Crippen molar-refractivity contribution >= 4 is 17.7 Å². The van der Waals surface area contributed by atoms with Crippen LogP contribution in [0.15, 0.2) is 41.2 Å². The number of carbonyl (C=O) groups is 1. The molecule has 2 aromatic rings. The van der Waals surface area contributed by atoms with E-state index in [0.29, 0.717) is 30.9 Å². The van der Waals surface area contributed by atoms with Gasteiger partial charge < -0.3 is 9.47 Å². The zero-order valence-corrected chi connectivity index (χ0v) is 13.5. The quantitative estimate of drug-likeness (QED) is 0.486. The monoisotopic (exact) mass is 339 g/mol. The van der Waals surface area contributed by atoms with Crippen molar-refractivity contribution in [3.05, 3.63) is 68.1 Å². The number of nitro groups is 1. The van der Waals surface area contributed by atoms with E-state index in [1.165, 1.54) is 12.1 Å². The molecule has 7 nitrogen and oxygen atoms in total. The van der Waals surface area contributed by atoms with Gasteiger partial charge in [-0.15, -0.1) is 0 Å². The lowest BCUT2D eigenvalue weighted by molar-refractivity contribution is -0.384. The van der Waals surface area contributed by atoms with Crippen LogP contribution in [0.2, 0.25) is 0 Å². The van der Waals surface area contributed by atoms with Crippen molar-refractivity contribution in [2.24, 2.45) is 5.92 Å². The van der Waals surface area contributed by atoms with Gasteiger partial charge in [0.05, 0.1) is 4.92 Å². The molecule has 0 aliphatic carbocycles. The lowest BCUT2D eigenvalue weighted by atomic mass is 9.82. The molecule has 1 aromatic heterocycles. The summed E-state index contributed by atoms with van der Waals surface area (Å²) in [6.45, 7) is 2.10. The van der Waals surface area contributed by atoms with Crippen molar-refractivity contribution in [1.29, 1.82) is 0 Å². The summed E-state index contributed by atoms with van der Waals surface area (Å²) in [6, 6.07) is 9.78. The van der Waals surface area contributed by atoms with Gasteiger partial charge in [0.1, 0.15) is 0 Å². The highest BCUT2D eigenvalue weighted by Gasteiger charge is 2.35. The molecule has 2 bridgehead atoms. The minimum absolute atomic E-state index is 0.0320. The van der Waals surface area contributed by atoms with Crippen LogP contribution in [0.1, 0.15) is 28.4 Å². The number of non-ortho nitro benzene ring substituents is 1. The maximum absolute atomic E-state index is 12.1. The molecule has 0 amide bonds. The van der Waals surface area contributed by atoms with Crippen molar-refractivity contribution in [1.82, 2.24) is 4.57 Å². The molecule has 0 spiro atoms. The van der Waals surface area contributed by atoms with Gasteiger partial charge in [-0.2, -0.15) is 0 Å². The molecule has 0 saturated carbocycles. The first-order chi connectivity index (χ1) is 12.1. The van der Waals surface area contributed by atoms with Gasteiger partial charge in [0.15, 0.2) is 6.29 Å². The molecule has 25 heavy (non-hydrogen) atoms. The number of hydrogen-bond acceptors (Lipinski definition) is 5. The van der Waals surface area contributed by atoms with E-state index >= 15 is 0 Å². The highest BCUT2D eigenvalue weighted by molar-refractivity contribution is 5.86. The average Bonchev–Trinajstić information content (AvgIpc) is 2.62. The van der Waals surface area contributed by atoms with Gasteiger partial charge in [-0.05, 0) is 24.5 Å². The second-order valence-electron chi connectivity index (χ2n) is 6.72. The van der Waals surface area contributed by atoms with E-state index < -0.39 is 4.92 Å². The minimum atomic E-state index is -0.496. The fourth-order valence-corrected chi connectivity index (χ4v) is 4.13. The lowest BCUT2D eigenvalue weighted by Gasteiger charge is -2.44. The number of piperidine rings is 1. The summed E-state index contributed by atoms with van der Waals surface area (Å²) < 4.78 is 1.85. The van der Waals surface area contributed by atoms with Crippen LogP contribution in [-0.4, -0.2) is 28.9 Å². The molecule has 1 aromatic carbocycles. The highest BCUT2D eigenvalue weighted by atomic mass is 16.6. The fourth-order valence-electron chi connectivity index (χ4n) is 4.13. The van der Waals surface area contributed by atoms with Gasteiger partial charge in [0.2, 0.25) is 0 Å². The van der Waals surface area contributed by atoms with E-state index in [2.05, 4.69) is 4.90 Å². The normalized spacial score (nSPS) is 21.5. The Hall–Kier alpha value is -2.96. The second-order valence-corrected chi connectivity index (χ2v) is 6.72. The van der Waals surface area contributed by atoms with Crippen LogP contribution in [0, 0.1) is 16.0 Å². The Labute approximate surface area is 143 Å². The molecular formula is C18H17N3O4.